The Morgan fingerprint density at radius 2 is 1.89 bits per heavy atom. The number of aryl methyl sites for hydroxylation is 1. The summed E-state index contributed by atoms with van der Waals surface area (Å²) in [6.45, 7) is 1.77. The van der Waals surface area contributed by atoms with Gasteiger partial charge in [-0.15, -0.1) is 0 Å². The fourth-order valence-corrected chi connectivity index (χ4v) is 1.78. The van der Waals surface area contributed by atoms with Crippen LogP contribution in [0.2, 0.25) is 0 Å². The molecule has 0 saturated heterocycles. The second kappa shape index (κ2) is 7.19. The minimum atomic E-state index is -0.175. The molecular formula is C14H17ClFN2-. The Labute approximate surface area is 113 Å². The maximum absolute atomic E-state index is 12.7. The highest BCUT2D eigenvalue weighted by Crippen LogP contribution is 2.03. The van der Waals surface area contributed by atoms with Gasteiger partial charge >= 0.3 is 0 Å². The molecule has 18 heavy (non-hydrogen) atoms. The van der Waals surface area contributed by atoms with Crippen molar-refractivity contribution in [2.24, 2.45) is 7.05 Å². The van der Waals surface area contributed by atoms with Gasteiger partial charge < -0.3 is 22.3 Å². The highest BCUT2D eigenvalue weighted by molar-refractivity contribution is 5.16. The Morgan fingerprint density at radius 1 is 1.17 bits per heavy atom. The molecule has 1 aromatic heterocycles. The monoisotopic (exact) mass is 267 g/mol. The molecule has 1 heterocycles. The lowest BCUT2D eigenvalue weighted by Crippen LogP contribution is -3.00. The van der Waals surface area contributed by atoms with Crippen LogP contribution in [-0.4, -0.2) is 11.1 Å². The van der Waals surface area contributed by atoms with Gasteiger partial charge in [-0.3, -0.25) is 0 Å². The summed E-state index contributed by atoms with van der Waals surface area (Å²) in [5, 5.41) is 3.38. The third kappa shape index (κ3) is 4.17. The second-order valence-electron chi connectivity index (χ2n) is 4.16. The average Bonchev–Trinajstić information content (AvgIpc) is 2.73. The molecule has 0 saturated carbocycles. The fraction of sp³-hybridized carbons (Fsp3) is 0.286. The Morgan fingerprint density at radius 3 is 2.50 bits per heavy atom. The lowest BCUT2D eigenvalue weighted by Gasteiger charge is -2.06. The first-order valence-electron chi connectivity index (χ1n) is 5.81. The van der Waals surface area contributed by atoms with E-state index in [-0.39, 0.29) is 18.2 Å². The minimum Gasteiger partial charge on any atom is -1.00 e. The molecule has 0 bridgehead atoms. The van der Waals surface area contributed by atoms with Crippen molar-refractivity contribution in [3.05, 3.63) is 59.7 Å². The molecule has 0 spiro atoms. The van der Waals surface area contributed by atoms with E-state index < -0.39 is 0 Å². The van der Waals surface area contributed by atoms with Crippen LogP contribution in [0.4, 0.5) is 4.39 Å². The summed E-state index contributed by atoms with van der Waals surface area (Å²) >= 11 is 0. The van der Waals surface area contributed by atoms with E-state index in [9.17, 15) is 4.39 Å². The number of rotatable bonds is 5. The van der Waals surface area contributed by atoms with Gasteiger partial charge in [-0.2, -0.15) is 0 Å². The number of halogens is 2. The smallest absolute Gasteiger partial charge is 0.123 e. The van der Waals surface area contributed by atoms with Gasteiger partial charge in [0.15, 0.2) is 0 Å². The van der Waals surface area contributed by atoms with Crippen molar-refractivity contribution in [1.82, 2.24) is 9.88 Å². The topological polar surface area (TPSA) is 17.0 Å². The van der Waals surface area contributed by atoms with Gasteiger partial charge in [-0.05, 0) is 42.8 Å². The van der Waals surface area contributed by atoms with Crippen LogP contribution >= 0.6 is 0 Å². The molecule has 4 heteroatoms. The zero-order valence-corrected chi connectivity index (χ0v) is 11.1. The zero-order chi connectivity index (χ0) is 12.1. The van der Waals surface area contributed by atoms with Crippen molar-refractivity contribution >= 4 is 0 Å². The van der Waals surface area contributed by atoms with E-state index in [1.807, 2.05) is 31.4 Å². The molecule has 0 unspecified atom stereocenters. The molecule has 2 rings (SSSR count). The average molecular weight is 268 g/mol. The van der Waals surface area contributed by atoms with Gasteiger partial charge in [0.25, 0.3) is 0 Å². The van der Waals surface area contributed by atoms with Gasteiger partial charge in [-0.1, -0.05) is 12.1 Å². The third-order valence-electron chi connectivity index (χ3n) is 2.86. The van der Waals surface area contributed by atoms with E-state index in [0.29, 0.717) is 0 Å². The molecule has 0 aliphatic rings. The van der Waals surface area contributed by atoms with Crippen LogP contribution in [0.25, 0.3) is 0 Å². The first kappa shape index (κ1) is 14.7. The molecule has 2 nitrogen and oxygen atoms in total. The summed E-state index contributed by atoms with van der Waals surface area (Å²) in [4.78, 5) is 0. The lowest BCUT2D eigenvalue weighted by molar-refractivity contribution is -0.00000419. The SMILES string of the molecule is Cn1cccc1CNCCc1ccc(F)cc1.[Cl-]. The molecule has 0 radical (unpaired) electrons. The van der Waals surface area contributed by atoms with Crippen molar-refractivity contribution < 1.29 is 16.8 Å². The van der Waals surface area contributed by atoms with Crippen LogP contribution in [0.3, 0.4) is 0 Å². The van der Waals surface area contributed by atoms with E-state index in [2.05, 4.69) is 16.0 Å². The zero-order valence-electron chi connectivity index (χ0n) is 10.4. The molecule has 0 aliphatic carbocycles. The predicted octanol–water partition coefficient (Wildman–Crippen LogP) is -0.499. The van der Waals surface area contributed by atoms with Crippen LogP contribution in [0, 0.1) is 5.82 Å². The van der Waals surface area contributed by atoms with E-state index in [1.54, 1.807) is 0 Å². The number of nitrogens with zero attached hydrogens (tertiary/aromatic N) is 1. The highest BCUT2D eigenvalue weighted by atomic mass is 35.5. The summed E-state index contributed by atoms with van der Waals surface area (Å²) in [5.74, 6) is -0.175. The lowest BCUT2D eigenvalue weighted by atomic mass is 10.1. The normalized spacial score (nSPS) is 10.1. The van der Waals surface area contributed by atoms with Gasteiger partial charge in [0.2, 0.25) is 0 Å². The van der Waals surface area contributed by atoms with Crippen LogP contribution in [0.1, 0.15) is 11.3 Å². The number of hydrogen-bond donors (Lipinski definition) is 1. The van der Waals surface area contributed by atoms with E-state index in [4.69, 9.17) is 0 Å². The number of benzene rings is 1. The Kier molecular flexibility index (Phi) is 5.89. The molecular weight excluding hydrogens is 251 g/mol. The molecule has 0 aliphatic heterocycles. The highest BCUT2D eigenvalue weighted by Gasteiger charge is 1.97. The molecule has 0 fully saturated rings. The van der Waals surface area contributed by atoms with Crippen molar-refractivity contribution in [2.45, 2.75) is 13.0 Å². The summed E-state index contributed by atoms with van der Waals surface area (Å²) < 4.78 is 14.8. The Balaban J connectivity index is 0.00000162. The predicted molar refractivity (Wildman–Crippen MR) is 67.2 cm³/mol. The molecule has 98 valence electrons. The first-order chi connectivity index (χ1) is 8.25. The van der Waals surface area contributed by atoms with Gasteiger partial charge in [0.1, 0.15) is 5.82 Å². The van der Waals surface area contributed by atoms with Crippen LogP contribution in [-0.2, 0) is 20.0 Å². The van der Waals surface area contributed by atoms with E-state index in [0.717, 1.165) is 25.1 Å². The largest absolute Gasteiger partial charge is 1.00 e. The first-order valence-corrected chi connectivity index (χ1v) is 5.81. The molecule has 1 N–H and O–H groups in total. The Hall–Kier alpha value is -1.32. The minimum absolute atomic E-state index is 0. The van der Waals surface area contributed by atoms with Crippen LogP contribution in [0.5, 0.6) is 0 Å². The van der Waals surface area contributed by atoms with Crippen molar-refractivity contribution in [3.8, 4) is 0 Å². The standard InChI is InChI=1S/C14H17FN2.ClH/c1-17-10-2-3-14(17)11-16-9-8-12-4-6-13(15)7-5-12;/h2-7,10,16H,8-9,11H2,1H3;1H/p-1. The van der Waals surface area contributed by atoms with Crippen molar-refractivity contribution in [1.29, 1.82) is 0 Å². The number of hydrogen-bond acceptors (Lipinski definition) is 1. The quantitative estimate of drug-likeness (QED) is 0.723. The van der Waals surface area contributed by atoms with Crippen molar-refractivity contribution in [2.75, 3.05) is 6.54 Å². The maximum Gasteiger partial charge on any atom is 0.123 e. The van der Waals surface area contributed by atoms with E-state index in [1.165, 1.54) is 17.8 Å². The summed E-state index contributed by atoms with van der Waals surface area (Å²) in [6.07, 6.45) is 2.96. The number of aromatic nitrogens is 1. The summed E-state index contributed by atoms with van der Waals surface area (Å²) in [5.41, 5.74) is 2.43. The van der Waals surface area contributed by atoms with E-state index >= 15 is 0 Å². The molecule has 0 amide bonds. The molecule has 1 aromatic carbocycles. The van der Waals surface area contributed by atoms with Gasteiger partial charge in [-0.25, -0.2) is 4.39 Å². The third-order valence-corrected chi connectivity index (χ3v) is 2.86. The van der Waals surface area contributed by atoms with Crippen molar-refractivity contribution in [3.63, 3.8) is 0 Å². The van der Waals surface area contributed by atoms with Gasteiger partial charge in [0.05, 0.1) is 0 Å². The Bertz CT molecular complexity index is 465. The molecule has 2 aromatic rings. The maximum atomic E-state index is 12.7. The van der Waals surface area contributed by atoms with Crippen LogP contribution in [0.15, 0.2) is 42.6 Å². The second-order valence-corrected chi connectivity index (χ2v) is 4.16. The number of nitrogens with one attached hydrogen (secondary N) is 1. The summed E-state index contributed by atoms with van der Waals surface area (Å²) in [7, 11) is 2.04. The van der Waals surface area contributed by atoms with Gasteiger partial charge in [0, 0.05) is 25.5 Å². The fourth-order valence-electron chi connectivity index (χ4n) is 1.78. The molecule has 0 atom stereocenters. The summed E-state index contributed by atoms with van der Waals surface area (Å²) in [6, 6.07) is 10.8. The van der Waals surface area contributed by atoms with Crippen LogP contribution < -0.4 is 17.7 Å².